The molecule has 0 amide bonds. The van der Waals surface area contributed by atoms with Gasteiger partial charge < -0.3 is 9.39 Å². The van der Waals surface area contributed by atoms with E-state index in [1.807, 2.05) is 6.07 Å². The van der Waals surface area contributed by atoms with Crippen LogP contribution < -0.4 is 4.18 Å². The van der Waals surface area contributed by atoms with Crippen LogP contribution in [0.5, 0.6) is 5.75 Å². The SMILES string of the molecule is O=S(=O)(Oc1ccc(/C=[N+](\[O-])c2ccccc2)cc1)c1ccc(Cl)cc1. The van der Waals surface area contributed by atoms with E-state index >= 15 is 0 Å². The van der Waals surface area contributed by atoms with Crippen LogP contribution in [0.2, 0.25) is 5.02 Å². The highest BCUT2D eigenvalue weighted by Gasteiger charge is 2.16. The van der Waals surface area contributed by atoms with Crippen LogP contribution in [0.15, 0.2) is 83.8 Å². The summed E-state index contributed by atoms with van der Waals surface area (Å²) in [6.45, 7) is 0. The highest BCUT2D eigenvalue weighted by Crippen LogP contribution is 2.20. The molecule has 0 aromatic heterocycles. The maximum absolute atomic E-state index is 12.2. The summed E-state index contributed by atoms with van der Waals surface area (Å²) in [7, 11) is -3.95. The first-order chi connectivity index (χ1) is 12.4. The van der Waals surface area contributed by atoms with Gasteiger partial charge in [0, 0.05) is 22.7 Å². The Kier molecular flexibility index (Phi) is 5.25. The average Bonchev–Trinajstić information content (AvgIpc) is 2.64. The molecule has 3 rings (SSSR count). The van der Waals surface area contributed by atoms with E-state index in [1.54, 1.807) is 36.4 Å². The fraction of sp³-hybridized carbons (Fsp3) is 0. The monoisotopic (exact) mass is 387 g/mol. The van der Waals surface area contributed by atoms with E-state index in [-0.39, 0.29) is 10.6 Å². The topological polar surface area (TPSA) is 69.4 Å². The predicted octanol–water partition coefficient (Wildman–Crippen LogP) is 4.37. The molecule has 0 heterocycles. The molecule has 0 aliphatic rings. The van der Waals surface area contributed by atoms with Gasteiger partial charge in [0.15, 0.2) is 6.21 Å². The molecule has 0 radical (unpaired) electrons. The summed E-state index contributed by atoms with van der Waals surface area (Å²) in [6, 6.07) is 20.6. The van der Waals surface area contributed by atoms with E-state index in [0.717, 1.165) is 4.74 Å². The van der Waals surface area contributed by atoms with E-state index in [9.17, 15) is 13.6 Å². The minimum Gasteiger partial charge on any atom is -0.618 e. The number of para-hydroxylation sites is 1. The van der Waals surface area contributed by atoms with Crippen LogP contribution in [0.3, 0.4) is 0 Å². The molecule has 26 heavy (non-hydrogen) atoms. The van der Waals surface area contributed by atoms with Gasteiger partial charge in [0.2, 0.25) is 5.69 Å². The number of nitrogens with zero attached hydrogens (tertiary/aromatic N) is 1. The molecule has 0 fully saturated rings. The van der Waals surface area contributed by atoms with Crippen LogP contribution in [0.25, 0.3) is 0 Å². The predicted molar refractivity (Wildman–Crippen MR) is 101 cm³/mol. The second-order valence-electron chi connectivity index (χ2n) is 5.35. The van der Waals surface area contributed by atoms with Crippen LogP contribution in [-0.4, -0.2) is 19.4 Å². The zero-order valence-electron chi connectivity index (χ0n) is 13.4. The molecule has 0 spiro atoms. The van der Waals surface area contributed by atoms with Crippen LogP contribution in [0.4, 0.5) is 5.69 Å². The highest BCUT2D eigenvalue weighted by atomic mass is 35.5. The Bertz CT molecular complexity index is 1020. The van der Waals surface area contributed by atoms with E-state index in [2.05, 4.69) is 0 Å². The van der Waals surface area contributed by atoms with E-state index < -0.39 is 10.1 Å². The zero-order valence-corrected chi connectivity index (χ0v) is 15.0. The third-order valence-corrected chi connectivity index (χ3v) is 4.98. The van der Waals surface area contributed by atoms with Gasteiger partial charge in [-0.1, -0.05) is 29.8 Å². The Labute approximate surface area is 156 Å². The molecular weight excluding hydrogens is 374 g/mol. The maximum atomic E-state index is 12.2. The fourth-order valence-corrected chi connectivity index (χ4v) is 3.23. The minimum absolute atomic E-state index is 0.00681. The number of halogens is 1. The van der Waals surface area contributed by atoms with Crippen molar-refractivity contribution in [2.75, 3.05) is 0 Å². The third kappa shape index (κ3) is 4.41. The van der Waals surface area contributed by atoms with Gasteiger partial charge in [-0.25, -0.2) is 0 Å². The Morgan fingerprint density at radius 3 is 2.12 bits per heavy atom. The van der Waals surface area contributed by atoms with Crippen LogP contribution in [0, 0.1) is 5.21 Å². The third-order valence-electron chi connectivity index (χ3n) is 3.47. The Hall–Kier alpha value is -2.83. The lowest BCUT2D eigenvalue weighted by Crippen LogP contribution is -2.09. The highest BCUT2D eigenvalue weighted by molar-refractivity contribution is 7.87. The summed E-state index contributed by atoms with van der Waals surface area (Å²) in [6.07, 6.45) is 1.40. The molecule has 3 aromatic rings. The van der Waals surface area contributed by atoms with Crippen molar-refractivity contribution in [2.45, 2.75) is 4.90 Å². The summed E-state index contributed by atoms with van der Waals surface area (Å²) >= 11 is 5.76. The molecule has 0 unspecified atom stereocenters. The standard InChI is InChI=1S/C19H14ClNO4S/c20-16-8-12-19(13-9-16)26(23,24)25-18-10-6-15(7-11-18)14-21(22)17-4-2-1-3-5-17/h1-14H/b21-14-. The Morgan fingerprint density at radius 1 is 0.885 bits per heavy atom. The molecule has 5 nitrogen and oxygen atoms in total. The van der Waals surface area contributed by atoms with Gasteiger partial charge in [-0.05, 0) is 48.5 Å². The molecular formula is C19H14ClNO4S. The molecule has 0 atom stereocenters. The number of hydrogen-bond donors (Lipinski definition) is 0. The molecule has 0 aliphatic carbocycles. The van der Waals surface area contributed by atoms with Crippen molar-refractivity contribution in [3.8, 4) is 5.75 Å². The van der Waals surface area contributed by atoms with Crippen LogP contribution in [-0.2, 0) is 10.1 Å². The van der Waals surface area contributed by atoms with E-state index in [4.69, 9.17) is 15.8 Å². The molecule has 0 saturated heterocycles. The molecule has 0 aliphatic heterocycles. The molecule has 3 aromatic carbocycles. The first-order valence-corrected chi connectivity index (χ1v) is 9.39. The lowest BCUT2D eigenvalue weighted by atomic mass is 10.2. The summed E-state index contributed by atoms with van der Waals surface area (Å²) in [5.74, 6) is 0.147. The van der Waals surface area contributed by atoms with Gasteiger partial charge in [-0.15, -0.1) is 0 Å². The van der Waals surface area contributed by atoms with Gasteiger partial charge in [-0.2, -0.15) is 13.2 Å². The van der Waals surface area contributed by atoms with Crippen molar-refractivity contribution in [3.63, 3.8) is 0 Å². The average molecular weight is 388 g/mol. The molecule has 0 bridgehead atoms. The summed E-state index contributed by atoms with van der Waals surface area (Å²) in [4.78, 5) is 0.00681. The van der Waals surface area contributed by atoms with Gasteiger partial charge in [0.05, 0.1) is 0 Å². The fourth-order valence-electron chi connectivity index (χ4n) is 2.17. The minimum atomic E-state index is -3.95. The quantitative estimate of drug-likeness (QED) is 0.214. The number of rotatable bonds is 5. The first-order valence-electron chi connectivity index (χ1n) is 7.60. The summed E-state index contributed by atoms with van der Waals surface area (Å²) < 4.78 is 30.3. The maximum Gasteiger partial charge on any atom is 0.339 e. The largest absolute Gasteiger partial charge is 0.618 e. The Morgan fingerprint density at radius 2 is 1.50 bits per heavy atom. The molecule has 0 saturated carbocycles. The van der Waals surface area contributed by atoms with Crippen molar-refractivity contribution in [3.05, 3.63) is 94.7 Å². The lowest BCUT2D eigenvalue weighted by Gasteiger charge is -2.07. The van der Waals surface area contributed by atoms with Crippen molar-refractivity contribution < 1.29 is 17.3 Å². The summed E-state index contributed by atoms with van der Waals surface area (Å²) in [5.41, 5.74) is 1.11. The van der Waals surface area contributed by atoms with Crippen LogP contribution >= 0.6 is 11.6 Å². The van der Waals surface area contributed by atoms with Crippen molar-refractivity contribution in [1.82, 2.24) is 0 Å². The van der Waals surface area contributed by atoms with Gasteiger partial charge in [0.1, 0.15) is 10.6 Å². The zero-order chi connectivity index (χ0) is 18.6. The van der Waals surface area contributed by atoms with Crippen LogP contribution in [0.1, 0.15) is 5.56 Å². The van der Waals surface area contributed by atoms with Gasteiger partial charge in [0.25, 0.3) is 0 Å². The smallest absolute Gasteiger partial charge is 0.339 e. The van der Waals surface area contributed by atoms with Gasteiger partial charge in [-0.3, -0.25) is 0 Å². The van der Waals surface area contributed by atoms with Crippen molar-refractivity contribution in [2.24, 2.45) is 0 Å². The normalized spacial score (nSPS) is 12.0. The second kappa shape index (κ2) is 7.59. The lowest BCUT2D eigenvalue weighted by molar-refractivity contribution is -0.354. The summed E-state index contributed by atoms with van der Waals surface area (Å²) in [5, 5.41) is 12.5. The molecule has 7 heteroatoms. The van der Waals surface area contributed by atoms with E-state index in [1.165, 1.54) is 42.6 Å². The molecule has 0 N–H and O–H groups in total. The van der Waals surface area contributed by atoms with Crippen molar-refractivity contribution >= 4 is 33.6 Å². The van der Waals surface area contributed by atoms with E-state index in [0.29, 0.717) is 16.3 Å². The second-order valence-corrected chi connectivity index (χ2v) is 7.33. The number of hydrogen-bond acceptors (Lipinski definition) is 4. The Balaban J connectivity index is 1.76. The number of benzene rings is 3. The molecule has 132 valence electrons. The van der Waals surface area contributed by atoms with Crippen molar-refractivity contribution in [1.29, 1.82) is 0 Å². The first kappa shape index (κ1) is 18.0. The van der Waals surface area contributed by atoms with Gasteiger partial charge >= 0.3 is 10.1 Å².